The molecular weight excluding hydrogens is 302 g/mol. The number of benzene rings is 1. The second-order valence-electron chi connectivity index (χ2n) is 4.24. The first kappa shape index (κ1) is 12.1. The number of nitrogens with zero attached hydrogens (tertiary/aromatic N) is 2. The molecule has 0 aliphatic heterocycles. The summed E-state index contributed by atoms with van der Waals surface area (Å²) in [5.41, 5.74) is 2.18. The van der Waals surface area contributed by atoms with E-state index in [9.17, 15) is 0 Å². The lowest BCUT2D eigenvalue weighted by atomic mass is 10.1. The minimum atomic E-state index is 0.734. The molecule has 2 heterocycles. The molecular formula is C15H12BrN3. The van der Waals surface area contributed by atoms with E-state index >= 15 is 0 Å². The van der Waals surface area contributed by atoms with Gasteiger partial charge in [0.05, 0.1) is 11.9 Å². The lowest BCUT2D eigenvalue weighted by Crippen LogP contribution is -2.01. The fraction of sp³-hybridized carbons (Fsp3) is 0.0667. The van der Waals surface area contributed by atoms with Gasteiger partial charge in [-0.2, -0.15) is 0 Å². The lowest BCUT2D eigenvalue weighted by Gasteiger charge is -2.08. The molecule has 2 aromatic heterocycles. The van der Waals surface area contributed by atoms with E-state index in [1.54, 1.807) is 0 Å². The van der Waals surface area contributed by atoms with Gasteiger partial charge in [0.1, 0.15) is 4.60 Å². The molecule has 0 spiro atoms. The van der Waals surface area contributed by atoms with Gasteiger partial charge in [0.15, 0.2) is 0 Å². The summed E-state index contributed by atoms with van der Waals surface area (Å²) in [6, 6.07) is 12.2. The maximum Gasteiger partial charge on any atom is 0.106 e. The van der Waals surface area contributed by atoms with Crippen LogP contribution in [0, 0.1) is 0 Å². The fourth-order valence-corrected chi connectivity index (χ4v) is 2.23. The molecule has 0 fully saturated rings. The molecule has 3 rings (SSSR count). The largest absolute Gasteiger partial charge is 0.380 e. The Morgan fingerprint density at radius 3 is 2.74 bits per heavy atom. The van der Waals surface area contributed by atoms with Gasteiger partial charge in [-0.1, -0.05) is 24.3 Å². The first-order valence-electron chi connectivity index (χ1n) is 6.00. The number of nitrogens with one attached hydrogen (secondary N) is 1. The molecule has 19 heavy (non-hydrogen) atoms. The Balaban J connectivity index is 1.84. The molecule has 1 aromatic carbocycles. The van der Waals surface area contributed by atoms with Crippen molar-refractivity contribution in [3.05, 3.63) is 65.2 Å². The predicted octanol–water partition coefficient (Wildman–Crippen LogP) is 4.00. The molecule has 0 atom stereocenters. The molecule has 0 aliphatic rings. The van der Waals surface area contributed by atoms with Crippen LogP contribution in [0.5, 0.6) is 0 Å². The second kappa shape index (κ2) is 5.36. The molecule has 0 saturated carbocycles. The van der Waals surface area contributed by atoms with Gasteiger partial charge in [0.25, 0.3) is 0 Å². The van der Waals surface area contributed by atoms with Gasteiger partial charge < -0.3 is 5.32 Å². The number of anilines is 1. The molecule has 4 heteroatoms. The summed E-state index contributed by atoms with van der Waals surface area (Å²) in [6.45, 7) is 0.734. The van der Waals surface area contributed by atoms with Crippen molar-refractivity contribution in [2.45, 2.75) is 6.54 Å². The maximum absolute atomic E-state index is 4.28. The highest BCUT2D eigenvalue weighted by atomic mass is 79.9. The quantitative estimate of drug-likeness (QED) is 0.743. The van der Waals surface area contributed by atoms with Crippen LogP contribution >= 0.6 is 15.9 Å². The van der Waals surface area contributed by atoms with Gasteiger partial charge >= 0.3 is 0 Å². The van der Waals surface area contributed by atoms with Crippen molar-refractivity contribution < 1.29 is 0 Å². The first-order valence-corrected chi connectivity index (χ1v) is 6.79. The predicted molar refractivity (Wildman–Crippen MR) is 81.0 cm³/mol. The minimum Gasteiger partial charge on any atom is -0.380 e. The van der Waals surface area contributed by atoms with Crippen molar-refractivity contribution in [1.29, 1.82) is 0 Å². The van der Waals surface area contributed by atoms with E-state index in [4.69, 9.17) is 0 Å². The molecule has 0 radical (unpaired) electrons. The van der Waals surface area contributed by atoms with E-state index in [1.165, 1.54) is 10.9 Å². The Labute approximate surface area is 119 Å². The SMILES string of the molecule is Brc1ccc(NCc2cncc3ccccc23)cn1. The van der Waals surface area contributed by atoms with Crippen molar-refractivity contribution in [3.63, 3.8) is 0 Å². The zero-order valence-corrected chi connectivity index (χ0v) is 11.8. The zero-order valence-electron chi connectivity index (χ0n) is 10.2. The van der Waals surface area contributed by atoms with E-state index in [-0.39, 0.29) is 0 Å². The highest BCUT2D eigenvalue weighted by Gasteiger charge is 2.01. The van der Waals surface area contributed by atoms with Gasteiger partial charge in [0, 0.05) is 24.3 Å². The second-order valence-corrected chi connectivity index (χ2v) is 5.06. The molecule has 0 saturated heterocycles. The van der Waals surface area contributed by atoms with E-state index in [0.29, 0.717) is 0 Å². The van der Waals surface area contributed by atoms with E-state index in [0.717, 1.165) is 22.2 Å². The van der Waals surface area contributed by atoms with E-state index in [2.05, 4.69) is 43.3 Å². The molecule has 94 valence electrons. The van der Waals surface area contributed by atoms with Crippen LogP contribution in [0.2, 0.25) is 0 Å². The summed E-state index contributed by atoms with van der Waals surface area (Å²) in [5.74, 6) is 0. The Kier molecular flexibility index (Phi) is 3.42. The number of halogens is 1. The van der Waals surface area contributed by atoms with Crippen LogP contribution in [-0.2, 0) is 6.54 Å². The summed E-state index contributed by atoms with van der Waals surface area (Å²) >= 11 is 3.33. The summed E-state index contributed by atoms with van der Waals surface area (Å²) in [5, 5.41) is 5.75. The summed E-state index contributed by atoms with van der Waals surface area (Å²) in [6.07, 6.45) is 5.60. The average molecular weight is 314 g/mol. The lowest BCUT2D eigenvalue weighted by molar-refractivity contribution is 1.12. The summed E-state index contributed by atoms with van der Waals surface area (Å²) in [4.78, 5) is 8.47. The first-order chi connectivity index (χ1) is 9.33. The van der Waals surface area contributed by atoms with Gasteiger partial charge in [0.2, 0.25) is 0 Å². The monoisotopic (exact) mass is 313 g/mol. The molecule has 0 unspecified atom stereocenters. The summed E-state index contributed by atoms with van der Waals surface area (Å²) < 4.78 is 0.838. The number of hydrogen-bond acceptors (Lipinski definition) is 3. The molecule has 0 aliphatic carbocycles. The topological polar surface area (TPSA) is 37.8 Å². The van der Waals surface area contributed by atoms with Crippen LogP contribution in [0.1, 0.15) is 5.56 Å². The molecule has 1 N–H and O–H groups in total. The van der Waals surface area contributed by atoms with Crippen molar-refractivity contribution >= 4 is 32.4 Å². The van der Waals surface area contributed by atoms with Gasteiger partial charge in [-0.05, 0) is 39.0 Å². The third-order valence-electron chi connectivity index (χ3n) is 2.96. The third-order valence-corrected chi connectivity index (χ3v) is 3.43. The maximum atomic E-state index is 4.28. The van der Waals surface area contributed by atoms with Gasteiger partial charge in [-0.15, -0.1) is 0 Å². The third kappa shape index (κ3) is 2.74. The number of hydrogen-bond donors (Lipinski definition) is 1. The Hall–Kier alpha value is -1.94. The van der Waals surface area contributed by atoms with Gasteiger partial charge in [-0.25, -0.2) is 4.98 Å². The van der Waals surface area contributed by atoms with E-state index in [1.807, 2.05) is 42.9 Å². The number of pyridine rings is 2. The number of rotatable bonds is 3. The number of aromatic nitrogens is 2. The smallest absolute Gasteiger partial charge is 0.106 e. The Morgan fingerprint density at radius 2 is 1.89 bits per heavy atom. The molecule has 3 aromatic rings. The zero-order chi connectivity index (χ0) is 13.1. The van der Waals surface area contributed by atoms with Crippen molar-refractivity contribution in [1.82, 2.24) is 9.97 Å². The molecule has 3 nitrogen and oxygen atoms in total. The van der Waals surface area contributed by atoms with Crippen LogP contribution in [0.15, 0.2) is 59.6 Å². The fourth-order valence-electron chi connectivity index (χ4n) is 2.00. The van der Waals surface area contributed by atoms with Crippen molar-refractivity contribution in [2.24, 2.45) is 0 Å². The van der Waals surface area contributed by atoms with Crippen molar-refractivity contribution in [3.8, 4) is 0 Å². The van der Waals surface area contributed by atoms with Gasteiger partial charge in [-0.3, -0.25) is 4.98 Å². The van der Waals surface area contributed by atoms with Crippen LogP contribution in [0.25, 0.3) is 10.8 Å². The van der Waals surface area contributed by atoms with Crippen LogP contribution in [0.3, 0.4) is 0 Å². The highest BCUT2D eigenvalue weighted by molar-refractivity contribution is 9.10. The Morgan fingerprint density at radius 1 is 1.00 bits per heavy atom. The number of fused-ring (bicyclic) bond motifs is 1. The standard InChI is InChI=1S/C15H12BrN3/c16-15-6-5-13(10-19-15)18-9-12-8-17-7-11-3-1-2-4-14(11)12/h1-8,10,18H,9H2. The summed E-state index contributed by atoms with van der Waals surface area (Å²) in [7, 11) is 0. The van der Waals surface area contributed by atoms with Crippen molar-refractivity contribution in [2.75, 3.05) is 5.32 Å². The minimum absolute atomic E-state index is 0.734. The van der Waals surface area contributed by atoms with Crippen LogP contribution < -0.4 is 5.32 Å². The molecule has 0 bridgehead atoms. The average Bonchev–Trinajstić information content (AvgIpc) is 2.47. The van der Waals surface area contributed by atoms with Crippen LogP contribution in [0.4, 0.5) is 5.69 Å². The molecule has 0 amide bonds. The highest BCUT2D eigenvalue weighted by Crippen LogP contribution is 2.18. The van der Waals surface area contributed by atoms with Crippen LogP contribution in [-0.4, -0.2) is 9.97 Å². The normalized spacial score (nSPS) is 10.6. The Bertz CT molecular complexity index is 690. The van der Waals surface area contributed by atoms with E-state index < -0.39 is 0 Å².